The molecular formula is C15H15N5OS2. The summed E-state index contributed by atoms with van der Waals surface area (Å²) in [5.41, 5.74) is 0.868. The molecule has 1 N–H and O–H groups in total. The largest absolute Gasteiger partial charge is 0.348 e. The number of benzene rings is 1. The van der Waals surface area contributed by atoms with E-state index in [1.54, 1.807) is 16.0 Å². The topological polar surface area (TPSA) is 72.7 Å². The van der Waals surface area contributed by atoms with Crippen molar-refractivity contribution in [2.24, 2.45) is 0 Å². The Morgan fingerprint density at radius 1 is 1.30 bits per heavy atom. The van der Waals surface area contributed by atoms with Crippen LogP contribution in [0.4, 0.5) is 0 Å². The Morgan fingerprint density at radius 2 is 2.13 bits per heavy atom. The molecule has 0 fully saturated rings. The number of thiophene rings is 1. The van der Waals surface area contributed by atoms with E-state index in [9.17, 15) is 4.79 Å². The molecule has 6 nitrogen and oxygen atoms in total. The second kappa shape index (κ2) is 7.38. The van der Waals surface area contributed by atoms with Crippen LogP contribution in [-0.4, -0.2) is 31.9 Å². The van der Waals surface area contributed by atoms with Crippen molar-refractivity contribution in [1.29, 1.82) is 0 Å². The first-order valence-corrected chi connectivity index (χ1v) is 8.90. The first-order chi connectivity index (χ1) is 11.2. The molecule has 0 aliphatic carbocycles. The van der Waals surface area contributed by atoms with Crippen molar-refractivity contribution < 1.29 is 4.79 Å². The summed E-state index contributed by atoms with van der Waals surface area (Å²) in [7, 11) is 0. The van der Waals surface area contributed by atoms with E-state index in [4.69, 9.17) is 0 Å². The van der Waals surface area contributed by atoms with Crippen LogP contribution >= 0.6 is 23.1 Å². The molecule has 1 amide bonds. The number of nitrogens with one attached hydrogen (secondary N) is 1. The quantitative estimate of drug-likeness (QED) is 0.696. The van der Waals surface area contributed by atoms with Crippen LogP contribution < -0.4 is 5.32 Å². The molecule has 0 bridgehead atoms. The number of carbonyl (C=O) groups is 1. The van der Waals surface area contributed by atoms with Crippen molar-refractivity contribution in [3.63, 3.8) is 0 Å². The second-order valence-electron chi connectivity index (χ2n) is 4.80. The van der Waals surface area contributed by atoms with Gasteiger partial charge in [-0.3, -0.25) is 4.79 Å². The number of carbonyl (C=O) groups excluding carboxylic acids is 1. The van der Waals surface area contributed by atoms with Gasteiger partial charge < -0.3 is 5.32 Å². The van der Waals surface area contributed by atoms with E-state index in [1.807, 2.05) is 54.8 Å². The van der Waals surface area contributed by atoms with Crippen LogP contribution in [0.1, 0.15) is 17.8 Å². The van der Waals surface area contributed by atoms with Gasteiger partial charge in [0.05, 0.1) is 17.5 Å². The summed E-state index contributed by atoms with van der Waals surface area (Å²) in [6.45, 7) is 1.97. The zero-order chi connectivity index (χ0) is 16.1. The Hall–Kier alpha value is -2.19. The maximum absolute atomic E-state index is 12.1. The van der Waals surface area contributed by atoms with Crippen LogP contribution in [0.25, 0.3) is 5.69 Å². The van der Waals surface area contributed by atoms with Crippen LogP contribution in [0.5, 0.6) is 0 Å². The molecule has 0 saturated heterocycles. The van der Waals surface area contributed by atoms with Gasteiger partial charge in [0.1, 0.15) is 0 Å². The molecule has 0 aliphatic heterocycles. The highest BCUT2D eigenvalue weighted by atomic mass is 32.2. The molecule has 0 spiro atoms. The highest BCUT2D eigenvalue weighted by Crippen LogP contribution is 2.20. The summed E-state index contributed by atoms with van der Waals surface area (Å²) in [6.07, 6.45) is 0. The van der Waals surface area contributed by atoms with Gasteiger partial charge in [-0.05, 0) is 40.9 Å². The van der Waals surface area contributed by atoms with E-state index in [0.29, 0.717) is 5.16 Å². The van der Waals surface area contributed by atoms with Crippen molar-refractivity contribution in [3.05, 3.63) is 52.7 Å². The summed E-state index contributed by atoms with van der Waals surface area (Å²) < 4.78 is 1.63. The molecular weight excluding hydrogens is 330 g/mol. The lowest BCUT2D eigenvalue weighted by atomic mass is 10.3. The summed E-state index contributed by atoms with van der Waals surface area (Å²) in [5, 5.41) is 17.2. The molecule has 0 unspecified atom stereocenters. The number of thioether (sulfide) groups is 1. The highest BCUT2D eigenvalue weighted by molar-refractivity contribution is 7.99. The monoisotopic (exact) mass is 345 g/mol. The molecule has 2 heterocycles. The number of para-hydroxylation sites is 1. The van der Waals surface area contributed by atoms with Gasteiger partial charge in [0, 0.05) is 4.88 Å². The first kappa shape index (κ1) is 15.7. The Labute approximate surface area is 141 Å². The number of aromatic nitrogens is 4. The first-order valence-electron chi connectivity index (χ1n) is 7.03. The normalized spacial score (nSPS) is 12.0. The fraction of sp³-hybridized carbons (Fsp3) is 0.200. The molecule has 8 heteroatoms. The summed E-state index contributed by atoms with van der Waals surface area (Å²) in [6, 6.07) is 13.6. The van der Waals surface area contributed by atoms with E-state index >= 15 is 0 Å². The smallest absolute Gasteiger partial charge is 0.230 e. The minimum atomic E-state index is -0.0430. The summed E-state index contributed by atoms with van der Waals surface area (Å²) in [5.74, 6) is 0.224. The molecule has 3 rings (SSSR count). The maximum atomic E-state index is 12.1. The molecule has 0 aliphatic rings. The standard InChI is InChI=1S/C15H15N5OS2/c1-11(13-8-5-9-22-13)16-14(21)10-23-15-17-18-19-20(15)12-6-3-2-4-7-12/h2-9,11H,10H2,1H3,(H,16,21)/t11-/m1/s1. The average Bonchev–Trinajstić information content (AvgIpc) is 3.25. The molecule has 1 aromatic carbocycles. The number of rotatable bonds is 6. The summed E-state index contributed by atoms with van der Waals surface area (Å²) in [4.78, 5) is 13.2. The van der Waals surface area contributed by atoms with Gasteiger partial charge in [-0.15, -0.1) is 16.4 Å². The lowest BCUT2D eigenvalue weighted by Crippen LogP contribution is -2.27. The van der Waals surface area contributed by atoms with Gasteiger partial charge >= 0.3 is 0 Å². The number of hydrogen-bond donors (Lipinski definition) is 1. The Kier molecular flexibility index (Phi) is 5.04. The van der Waals surface area contributed by atoms with Crippen LogP contribution in [0.15, 0.2) is 53.0 Å². The molecule has 0 saturated carbocycles. The van der Waals surface area contributed by atoms with Crippen molar-refractivity contribution in [2.75, 3.05) is 5.75 Å². The third-order valence-corrected chi connectivity index (χ3v) is 5.10. The van der Waals surface area contributed by atoms with E-state index in [2.05, 4.69) is 20.8 Å². The van der Waals surface area contributed by atoms with Gasteiger partial charge in [0.15, 0.2) is 0 Å². The van der Waals surface area contributed by atoms with E-state index in [0.717, 1.165) is 10.6 Å². The second-order valence-corrected chi connectivity index (χ2v) is 6.72. The third-order valence-electron chi connectivity index (χ3n) is 3.12. The number of nitrogens with zero attached hydrogens (tertiary/aromatic N) is 4. The van der Waals surface area contributed by atoms with Crippen molar-refractivity contribution in [3.8, 4) is 5.69 Å². The zero-order valence-electron chi connectivity index (χ0n) is 12.4. The SMILES string of the molecule is C[C@@H](NC(=O)CSc1nnnn1-c1ccccc1)c1cccs1. The average molecular weight is 345 g/mol. The number of tetrazole rings is 1. The molecule has 23 heavy (non-hydrogen) atoms. The highest BCUT2D eigenvalue weighted by Gasteiger charge is 2.14. The fourth-order valence-electron chi connectivity index (χ4n) is 2.02. The lowest BCUT2D eigenvalue weighted by molar-refractivity contribution is -0.119. The fourth-order valence-corrected chi connectivity index (χ4v) is 3.46. The van der Waals surface area contributed by atoms with Crippen LogP contribution in [0, 0.1) is 0 Å². The van der Waals surface area contributed by atoms with E-state index < -0.39 is 0 Å². The van der Waals surface area contributed by atoms with E-state index in [-0.39, 0.29) is 17.7 Å². The Balaban J connectivity index is 1.59. The van der Waals surface area contributed by atoms with Crippen molar-refractivity contribution in [1.82, 2.24) is 25.5 Å². The van der Waals surface area contributed by atoms with Crippen molar-refractivity contribution >= 4 is 29.0 Å². The van der Waals surface area contributed by atoms with Gasteiger partial charge in [-0.1, -0.05) is 36.0 Å². The van der Waals surface area contributed by atoms with E-state index in [1.165, 1.54) is 11.8 Å². The van der Waals surface area contributed by atoms with Gasteiger partial charge in [0.25, 0.3) is 0 Å². The predicted octanol–water partition coefficient (Wildman–Crippen LogP) is 2.69. The lowest BCUT2D eigenvalue weighted by Gasteiger charge is -2.11. The number of hydrogen-bond acceptors (Lipinski definition) is 6. The van der Waals surface area contributed by atoms with Gasteiger partial charge in [-0.2, -0.15) is 4.68 Å². The minimum absolute atomic E-state index is 0.00761. The molecule has 1 atom stereocenters. The third kappa shape index (κ3) is 3.96. The predicted molar refractivity (Wildman–Crippen MR) is 90.8 cm³/mol. The van der Waals surface area contributed by atoms with Crippen molar-refractivity contribution in [2.45, 2.75) is 18.1 Å². The Bertz CT molecular complexity index is 757. The van der Waals surface area contributed by atoms with Gasteiger partial charge in [-0.25, -0.2) is 0 Å². The molecule has 3 aromatic rings. The molecule has 118 valence electrons. The maximum Gasteiger partial charge on any atom is 0.230 e. The van der Waals surface area contributed by atoms with Crippen LogP contribution in [0.3, 0.4) is 0 Å². The van der Waals surface area contributed by atoms with Crippen LogP contribution in [-0.2, 0) is 4.79 Å². The minimum Gasteiger partial charge on any atom is -0.348 e. The number of amides is 1. The summed E-state index contributed by atoms with van der Waals surface area (Å²) >= 11 is 2.94. The molecule has 0 radical (unpaired) electrons. The Morgan fingerprint density at radius 3 is 2.87 bits per heavy atom. The molecule has 2 aromatic heterocycles. The van der Waals surface area contributed by atoms with Gasteiger partial charge in [0.2, 0.25) is 11.1 Å². The zero-order valence-corrected chi connectivity index (χ0v) is 14.0. The van der Waals surface area contributed by atoms with Crippen LogP contribution in [0.2, 0.25) is 0 Å².